The van der Waals surface area contributed by atoms with Crippen molar-refractivity contribution in [3.8, 4) is 11.5 Å². The Kier molecular flexibility index (Phi) is 7.87. The molecule has 11 nitrogen and oxygen atoms in total. The Hall–Kier alpha value is -3.60. The molecule has 2 aliphatic rings. The Morgan fingerprint density at radius 2 is 1.62 bits per heavy atom. The molecule has 1 atom stereocenters. The van der Waals surface area contributed by atoms with Crippen LogP contribution >= 0.6 is 0 Å². The fourth-order valence-electron chi connectivity index (χ4n) is 3.79. The summed E-state index contributed by atoms with van der Waals surface area (Å²) < 4.78 is 12.6. The number of hydrogen-bond donors (Lipinski definition) is 2. The second-order valence-corrected chi connectivity index (χ2v) is 11.1. The number of ether oxygens (including phenoxy) is 2. The second kappa shape index (κ2) is 10.4. The van der Waals surface area contributed by atoms with E-state index in [0.717, 1.165) is 11.1 Å². The number of nitrogens with zero attached hydrogens (tertiary/aromatic N) is 3. The summed E-state index contributed by atoms with van der Waals surface area (Å²) in [6.07, 6.45) is -0.227. The van der Waals surface area contributed by atoms with E-state index in [9.17, 15) is 19.2 Å². The van der Waals surface area contributed by atoms with Gasteiger partial charge in [-0.3, -0.25) is 19.4 Å². The number of carbonyl (C=O) groups is 2. The SMILES string of the molecule is Cc1cc2nc3c(=O)[nH]c(=O)nc-3n(CCNC(CC(=O)OC(C)(C)C)C(=O)OC(C)(C)C)c2cc1C. The molecule has 37 heavy (non-hydrogen) atoms. The lowest BCUT2D eigenvalue weighted by Crippen LogP contribution is -2.44. The molecule has 11 heteroatoms. The van der Waals surface area contributed by atoms with Crippen molar-refractivity contribution in [3.05, 3.63) is 44.1 Å². The highest BCUT2D eigenvalue weighted by atomic mass is 16.6. The average Bonchev–Trinajstić information content (AvgIpc) is 2.72. The normalized spacial score (nSPS) is 13.1. The number of hydrogen-bond acceptors (Lipinski definition) is 9. The van der Waals surface area contributed by atoms with Crippen molar-refractivity contribution >= 4 is 23.0 Å². The summed E-state index contributed by atoms with van der Waals surface area (Å²) >= 11 is 0. The zero-order valence-corrected chi connectivity index (χ0v) is 22.6. The van der Waals surface area contributed by atoms with Gasteiger partial charge >= 0.3 is 17.6 Å². The first-order valence-corrected chi connectivity index (χ1v) is 12.1. The van der Waals surface area contributed by atoms with Crippen LogP contribution in [-0.2, 0) is 25.6 Å². The van der Waals surface area contributed by atoms with Crippen molar-refractivity contribution in [1.82, 2.24) is 24.8 Å². The monoisotopic (exact) mass is 513 g/mol. The van der Waals surface area contributed by atoms with E-state index in [1.54, 1.807) is 46.1 Å². The lowest BCUT2D eigenvalue weighted by Gasteiger charge is -2.26. The molecule has 1 unspecified atom stereocenters. The van der Waals surface area contributed by atoms with Crippen LogP contribution in [0.4, 0.5) is 0 Å². The molecule has 0 saturated heterocycles. The summed E-state index contributed by atoms with van der Waals surface area (Å²) in [6.45, 7) is 14.8. The zero-order chi connectivity index (χ0) is 27.7. The quantitative estimate of drug-likeness (QED) is 0.359. The predicted molar refractivity (Wildman–Crippen MR) is 139 cm³/mol. The van der Waals surface area contributed by atoms with Gasteiger partial charge in [0.2, 0.25) is 0 Å². The number of aromatic nitrogens is 4. The van der Waals surface area contributed by atoms with Crippen molar-refractivity contribution in [3.63, 3.8) is 0 Å². The van der Waals surface area contributed by atoms with Gasteiger partial charge in [0.25, 0.3) is 5.56 Å². The second-order valence-electron chi connectivity index (χ2n) is 11.1. The third-order valence-electron chi connectivity index (χ3n) is 5.43. The summed E-state index contributed by atoms with van der Waals surface area (Å²) in [5.74, 6) is -0.999. The molecule has 0 aromatic heterocycles. The fourth-order valence-corrected chi connectivity index (χ4v) is 3.79. The summed E-state index contributed by atoms with van der Waals surface area (Å²) in [4.78, 5) is 60.5. The van der Waals surface area contributed by atoms with Gasteiger partial charge in [-0.25, -0.2) is 9.78 Å². The van der Waals surface area contributed by atoms with Gasteiger partial charge in [-0.2, -0.15) is 4.98 Å². The molecule has 2 aliphatic heterocycles. The Morgan fingerprint density at radius 3 is 2.24 bits per heavy atom. The van der Waals surface area contributed by atoms with Crippen molar-refractivity contribution in [1.29, 1.82) is 0 Å². The zero-order valence-electron chi connectivity index (χ0n) is 22.6. The minimum absolute atomic E-state index is 0.0350. The maximum atomic E-state index is 12.9. The highest BCUT2D eigenvalue weighted by Crippen LogP contribution is 2.23. The molecular formula is C26H35N5O6. The number of aromatic amines is 1. The van der Waals surface area contributed by atoms with Crippen LogP contribution in [0.5, 0.6) is 0 Å². The molecule has 0 bridgehead atoms. The molecular weight excluding hydrogens is 478 g/mol. The summed E-state index contributed by atoms with van der Waals surface area (Å²) in [5, 5.41) is 3.08. The van der Waals surface area contributed by atoms with Crippen molar-refractivity contribution in [2.75, 3.05) is 6.54 Å². The predicted octanol–water partition coefficient (Wildman–Crippen LogP) is 2.23. The van der Waals surface area contributed by atoms with Crippen LogP contribution in [0.2, 0.25) is 0 Å². The van der Waals surface area contributed by atoms with E-state index < -0.39 is 40.4 Å². The minimum Gasteiger partial charge on any atom is -0.460 e. The Balaban J connectivity index is 1.95. The molecule has 1 aromatic carbocycles. The molecule has 1 aromatic rings. The van der Waals surface area contributed by atoms with Crippen LogP contribution in [0.15, 0.2) is 21.7 Å². The smallest absolute Gasteiger partial charge is 0.349 e. The summed E-state index contributed by atoms with van der Waals surface area (Å²) in [6, 6.07) is 2.81. The lowest BCUT2D eigenvalue weighted by atomic mass is 10.1. The van der Waals surface area contributed by atoms with E-state index >= 15 is 0 Å². The van der Waals surface area contributed by atoms with E-state index in [0.29, 0.717) is 11.0 Å². The first-order valence-electron chi connectivity index (χ1n) is 12.1. The average molecular weight is 514 g/mol. The van der Waals surface area contributed by atoms with E-state index in [1.165, 1.54) is 0 Å². The van der Waals surface area contributed by atoms with Crippen molar-refractivity contribution in [2.24, 2.45) is 0 Å². The molecule has 0 fully saturated rings. The molecule has 0 amide bonds. The third kappa shape index (κ3) is 7.22. The van der Waals surface area contributed by atoms with E-state index in [-0.39, 0.29) is 31.0 Å². The number of fused-ring (bicyclic) bond motifs is 2. The largest absolute Gasteiger partial charge is 0.460 e. The van der Waals surface area contributed by atoms with Gasteiger partial charge in [-0.05, 0) is 78.6 Å². The molecule has 0 spiro atoms. The topological polar surface area (TPSA) is 145 Å². The molecule has 3 rings (SSSR count). The Labute approximate surface area is 214 Å². The van der Waals surface area contributed by atoms with Crippen LogP contribution in [-0.4, -0.2) is 55.2 Å². The van der Waals surface area contributed by atoms with Gasteiger partial charge in [0.1, 0.15) is 17.2 Å². The number of H-pyrrole nitrogens is 1. The van der Waals surface area contributed by atoms with Gasteiger partial charge in [-0.15, -0.1) is 0 Å². The van der Waals surface area contributed by atoms with Gasteiger partial charge in [-0.1, -0.05) is 0 Å². The summed E-state index contributed by atoms with van der Waals surface area (Å²) in [7, 11) is 0. The number of nitrogens with one attached hydrogen (secondary N) is 2. The standard InChI is InChI=1S/C26H35N5O6/c1-14-11-16-18(12-15(14)2)31(21-20(28-16)22(33)30-24(35)29-21)10-9-27-17(23(34)37-26(6,7)8)13-19(32)36-25(3,4)5/h11-12,17,27H,9-10,13H2,1-8H3,(H,30,33,35). The Morgan fingerprint density at radius 1 is 1.00 bits per heavy atom. The number of rotatable bonds is 7. The van der Waals surface area contributed by atoms with E-state index in [4.69, 9.17) is 9.47 Å². The third-order valence-corrected chi connectivity index (χ3v) is 5.43. The van der Waals surface area contributed by atoms with Gasteiger partial charge in [0, 0.05) is 13.1 Å². The van der Waals surface area contributed by atoms with Crippen molar-refractivity contribution < 1.29 is 19.1 Å². The number of carbonyl (C=O) groups excluding carboxylic acids is 2. The van der Waals surface area contributed by atoms with Crippen LogP contribution < -0.4 is 16.6 Å². The highest BCUT2D eigenvalue weighted by Gasteiger charge is 2.29. The number of benzene rings is 1. The molecule has 0 radical (unpaired) electrons. The molecule has 0 aliphatic carbocycles. The van der Waals surface area contributed by atoms with Crippen LogP contribution in [0, 0.1) is 13.8 Å². The molecule has 0 saturated carbocycles. The molecule has 2 heterocycles. The first-order chi connectivity index (χ1) is 17.0. The number of aryl methyl sites for hydroxylation is 2. The van der Waals surface area contributed by atoms with Gasteiger partial charge in [0.15, 0.2) is 11.5 Å². The van der Waals surface area contributed by atoms with Crippen LogP contribution in [0.1, 0.15) is 59.1 Å². The van der Waals surface area contributed by atoms with E-state index in [2.05, 4.69) is 20.3 Å². The first kappa shape index (κ1) is 28.0. The lowest BCUT2D eigenvalue weighted by molar-refractivity contribution is -0.164. The Bertz CT molecular complexity index is 1410. The van der Waals surface area contributed by atoms with Crippen LogP contribution in [0.25, 0.3) is 22.6 Å². The highest BCUT2D eigenvalue weighted by molar-refractivity contribution is 5.83. The van der Waals surface area contributed by atoms with E-state index in [1.807, 2.05) is 26.0 Å². The van der Waals surface area contributed by atoms with Gasteiger partial charge < -0.3 is 19.4 Å². The summed E-state index contributed by atoms with van der Waals surface area (Å²) in [5.41, 5.74) is 0.416. The van der Waals surface area contributed by atoms with Crippen molar-refractivity contribution in [2.45, 2.75) is 85.6 Å². The number of esters is 2. The maximum Gasteiger partial charge on any atom is 0.349 e. The molecule has 2 N–H and O–H groups in total. The minimum atomic E-state index is -0.968. The molecule has 200 valence electrons. The fraction of sp³-hybridized carbons (Fsp3) is 0.538. The maximum absolute atomic E-state index is 12.9. The van der Waals surface area contributed by atoms with Gasteiger partial charge in [0.05, 0.1) is 17.5 Å². The van der Waals surface area contributed by atoms with Crippen LogP contribution in [0.3, 0.4) is 0 Å².